The number of amides is 1. The van der Waals surface area contributed by atoms with E-state index in [9.17, 15) is 9.18 Å². The van der Waals surface area contributed by atoms with Gasteiger partial charge in [0.25, 0.3) is 5.91 Å². The van der Waals surface area contributed by atoms with Crippen LogP contribution in [0.4, 0.5) is 10.1 Å². The van der Waals surface area contributed by atoms with Gasteiger partial charge in [-0.1, -0.05) is 6.07 Å². The maximum Gasteiger partial charge on any atom is 0.251 e. The predicted molar refractivity (Wildman–Crippen MR) is 71.0 cm³/mol. The van der Waals surface area contributed by atoms with Gasteiger partial charge in [-0.15, -0.1) is 0 Å². The number of nitrogens with zero attached hydrogens (tertiary/aromatic N) is 1. The van der Waals surface area contributed by atoms with Crippen molar-refractivity contribution in [3.05, 3.63) is 59.2 Å². The summed E-state index contributed by atoms with van der Waals surface area (Å²) in [5, 5.41) is 2.71. The van der Waals surface area contributed by atoms with Crippen LogP contribution in [0.25, 0.3) is 0 Å². The van der Waals surface area contributed by atoms with Crippen LogP contribution < -0.4 is 11.1 Å². The fourth-order valence-corrected chi connectivity index (χ4v) is 1.66. The highest BCUT2D eigenvalue weighted by atomic mass is 19.1. The first-order valence-corrected chi connectivity index (χ1v) is 5.82. The molecule has 0 fully saturated rings. The van der Waals surface area contributed by atoms with Crippen molar-refractivity contribution >= 4 is 11.6 Å². The summed E-state index contributed by atoms with van der Waals surface area (Å²) >= 11 is 0. The first kappa shape index (κ1) is 13.0. The molecule has 2 rings (SSSR count). The zero-order valence-electron chi connectivity index (χ0n) is 10.5. The van der Waals surface area contributed by atoms with Crippen LogP contribution in [0.1, 0.15) is 21.7 Å². The van der Waals surface area contributed by atoms with E-state index >= 15 is 0 Å². The van der Waals surface area contributed by atoms with Crippen LogP contribution in [0.2, 0.25) is 0 Å². The van der Waals surface area contributed by atoms with Crippen LogP contribution in [-0.2, 0) is 6.54 Å². The number of nitrogen functional groups attached to an aromatic ring is 1. The third-order valence-corrected chi connectivity index (χ3v) is 2.63. The molecule has 1 heterocycles. The van der Waals surface area contributed by atoms with Crippen LogP contribution in [0.3, 0.4) is 0 Å². The van der Waals surface area contributed by atoms with Gasteiger partial charge in [0.1, 0.15) is 5.82 Å². The standard InChI is InChI=1S/C14H14FN3O/c1-9-3-2-4-11(18-9)8-17-14(19)10-5-6-12(15)13(16)7-10/h2-7H,8,16H2,1H3,(H,17,19). The van der Waals surface area contributed by atoms with Crippen molar-refractivity contribution in [2.45, 2.75) is 13.5 Å². The normalized spacial score (nSPS) is 10.2. The third-order valence-electron chi connectivity index (χ3n) is 2.63. The lowest BCUT2D eigenvalue weighted by atomic mass is 10.2. The summed E-state index contributed by atoms with van der Waals surface area (Å²) < 4.78 is 13.0. The van der Waals surface area contributed by atoms with Gasteiger partial charge in [0.2, 0.25) is 0 Å². The summed E-state index contributed by atoms with van der Waals surface area (Å²) in [4.78, 5) is 16.1. The number of hydrogen-bond donors (Lipinski definition) is 2. The molecule has 1 amide bonds. The summed E-state index contributed by atoms with van der Waals surface area (Å²) in [6, 6.07) is 9.46. The molecule has 98 valence electrons. The molecule has 19 heavy (non-hydrogen) atoms. The van der Waals surface area contributed by atoms with Crippen LogP contribution in [0.15, 0.2) is 36.4 Å². The molecule has 0 radical (unpaired) electrons. The molecule has 0 aliphatic heterocycles. The van der Waals surface area contributed by atoms with Crippen molar-refractivity contribution in [2.75, 3.05) is 5.73 Å². The van der Waals surface area contributed by atoms with Crippen molar-refractivity contribution in [2.24, 2.45) is 0 Å². The Morgan fingerprint density at radius 1 is 1.37 bits per heavy atom. The van der Waals surface area contributed by atoms with E-state index in [1.165, 1.54) is 18.2 Å². The zero-order valence-corrected chi connectivity index (χ0v) is 10.5. The number of pyridine rings is 1. The number of nitrogens with two attached hydrogens (primary N) is 1. The molecule has 0 saturated carbocycles. The van der Waals surface area contributed by atoms with E-state index in [0.29, 0.717) is 12.1 Å². The number of aromatic nitrogens is 1. The van der Waals surface area contributed by atoms with Gasteiger partial charge in [0.05, 0.1) is 17.9 Å². The molecule has 4 nitrogen and oxygen atoms in total. The number of hydrogen-bond acceptors (Lipinski definition) is 3. The minimum absolute atomic E-state index is 0.0404. The summed E-state index contributed by atoms with van der Waals surface area (Å²) in [6.07, 6.45) is 0. The average Bonchev–Trinajstić information content (AvgIpc) is 2.39. The first-order chi connectivity index (χ1) is 9.06. The average molecular weight is 259 g/mol. The van der Waals surface area contributed by atoms with Crippen molar-refractivity contribution in [3.8, 4) is 0 Å². The molecule has 5 heteroatoms. The van der Waals surface area contributed by atoms with E-state index in [2.05, 4.69) is 10.3 Å². The number of rotatable bonds is 3. The lowest BCUT2D eigenvalue weighted by molar-refractivity contribution is 0.0950. The second-order valence-corrected chi connectivity index (χ2v) is 4.19. The number of anilines is 1. The molecular formula is C14H14FN3O. The Morgan fingerprint density at radius 3 is 2.84 bits per heavy atom. The highest BCUT2D eigenvalue weighted by Crippen LogP contribution is 2.12. The molecule has 0 bridgehead atoms. The van der Waals surface area contributed by atoms with Crippen molar-refractivity contribution in [1.29, 1.82) is 0 Å². The topological polar surface area (TPSA) is 68.0 Å². The largest absolute Gasteiger partial charge is 0.396 e. The Labute approximate surface area is 110 Å². The molecule has 0 saturated heterocycles. The van der Waals surface area contributed by atoms with Gasteiger partial charge < -0.3 is 11.1 Å². The minimum Gasteiger partial charge on any atom is -0.396 e. The molecule has 0 spiro atoms. The van der Waals surface area contributed by atoms with Gasteiger partial charge in [0.15, 0.2) is 0 Å². The number of halogens is 1. The Morgan fingerprint density at radius 2 is 2.16 bits per heavy atom. The summed E-state index contributed by atoms with van der Waals surface area (Å²) in [5.41, 5.74) is 7.36. The maximum atomic E-state index is 13.0. The van der Waals surface area contributed by atoms with E-state index in [0.717, 1.165) is 11.4 Å². The molecule has 0 unspecified atom stereocenters. The SMILES string of the molecule is Cc1cccc(CNC(=O)c2ccc(F)c(N)c2)n1. The maximum absolute atomic E-state index is 13.0. The minimum atomic E-state index is -0.531. The molecule has 0 aliphatic rings. The number of carbonyl (C=O) groups excluding carboxylic acids is 1. The van der Waals surface area contributed by atoms with E-state index in [1.807, 2.05) is 25.1 Å². The number of benzene rings is 1. The Bertz CT molecular complexity index is 613. The van der Waals surface area contributed by atoms with Crippen molar-refractivity contribution in [1.82, 2.24) is 10.3 Å². The third kappa shape index (κ3) is 3.28. The molecule has 0 aliphatic carbocycles. The van der Waals surface area contributed by atoms with E-state index < -0.39 is 5.82 Å². The fourth-order valence-electron chi connectivity index (χ4n) is 1.66. The predicted octanol–water partition coefficient (Wildman–Crippen LogP) is 2.04. The number of carbonyl (C=O) groups is 1. The van der Waals surface area contributed by atoms with Crippen LogP contribution in [-0.4, -0.2) is 10.9 Å². The van der Waals surface area contributed by atoms with Crippen LogP contribution in [0, 0.1) is 12.7 Å². The zero-order chi connectivity index (χ0) is 13.8. The van der Waals surface area contributed by atoms with E-state index in [-0.39, 0.29) is 11.6 Å². The highest BCUT2D eigenvalue weighted by Gasteiger charge is 2.08. The lowest BCUT2D eigenvalue weighted by Gasteiger charge is -2.06. The highest BCUT2D eigenvalue weighted by molar-refractivity contribution is 5.94. The van der Waals surface area contributed by atoms with Crippen LogP contribution >= 0.6 is 0 Å². The van der Waals surface area contributed by atoms with Gasteiger partial charge in [-0.05, 0) is 37.3 Å². The van der Waals surface area contributed by atoms with Gasteiger partial charge in [0, 0.05) is 11.3 Å². The second kappa shape index (κ2) is 5.48. The molecule has 3 N–H and O–H groups in total. The van der Waals surface area contributed by atoms with E-state index in [4.69, 9.17) is 5.73 Å². The molecule has 2 aromatic rings. The summed E-state index contributed by atoms with van der Waals surface area (Å²) in [5.74, 6) is -0.841. The molecule has 1 aromatic carbocycles. The monoisotopic (exact) mass is 259 g/mol. The van der Waals surface area contributed by atoms with E-state index in [1.54, 1.807) is 0 Å². The Hall–Kier alpha value is -2.43. The Balaban J connectivity index is 2.03. The van der Waals surface area contributed by atoms with Crippen molar-refractivity contribution < 1.29 is 9.18 Å². The second-order valence-electron chi connectivity index (χ2n) is 4.19. The summed E-state index contributed by atoms with van der Waals surface area (Å²) in [6.45, 7) is 2.20. The van der Waals surface area contributed by atoms with Gasteiger partial charge >= 0.3 is 0 Å². The summed E-state index contributed by atoms with van der Waals surface area (Å²) in [7, 11) is 0. The first-order valence-electron chi connectivity index (χ1n) is 5.82. The van der Waals surface area contributed by atoms with Crippen molar-refractivity contribution in [3.63, 3.8) is 0 Å². The van der Waals surface area contributed by atoms with Gasteiger partial charge in [-0.25, -0.2) is 4.39 Å². The molecule has 1 aromatic heterocycles. The quantitative estimate of drug-likeness (QED) is 0.829. The smallest absolute Gasteiger partial charge is 0.251 e. The Kier molecular flexibility index (Phi) is 3.75. The number of aryl methyl sites for hydroxylation is 1. The molecule has 0 atom stereocenters. The molecular weight excluding hydrogens is 245 g/mol. The van der Waals surface area contributed by atoms with Crippen LogP contribution in [0.5, 0.6) is 0 Å². The van der Waals surface area contributed by atoms with Gasteiger partial charge in [-0.3, -0.25) is 9.78 Å². The lowest BCUT2D eigenvalue weighted by Crippen LogP contribution is -2.23. The fraction of sp³-hybridized carbons (Fsp3) is 0.143. The van der Waals surface area contributed by atoms with Gasteiger partial charge in [-0.2, -0.15) is 0 Å². The number of nitrogens with one attached hydrogen (secondary N) is 1.